The summed E-state index contributed by atoms with van der Waals surface area (Å²) in [5, 5.41) is 1.14. The highest BCUT2D eigenvalue weighted by atomic mass is 16.5. The molecule has 1 saturated carbocycles. The molecule has 2 aromatic rings. The second-order valence-corrected chi connectivity index (χ2v) is 7.97. The Morgan fingerprint density at radius 3 is 2.79 bits per heavy atom. The lowest BCUT2D eigenvalue weighted by Gasteiger charge is -2.46. The molecule has 0 N–H and O–H groups in total. The Kier molecular flexibility index (Phi) is 3.10. The van der Waals surface area contributed by atoms with Crippen LogP contribution in [0.3, 0.4) is 0 Å². The molecule has 0 saturated heterocycles. The van der Waals surface area contributed by atoms with Gasteiger partial charge in [0.2, 0.25) is 0 Å². The van der Waals surface area contributed by atoms with Gasteiger partial charge >= 0.3 is 5.63 Å². The number of fused-ring (bicyclic) bond motifs is 4. The Morgan fingerprint density at radius 2 is 1.92 bits per heavy atom. The first-order valence-corrected chi connectivity index (χ1v) is 9.47. The molecule has 24 heavy (non-hydrogen) atoms. The monoisotopic (exact) mass is 324 g/mol. The summed E-state index contributed by atoms with van der Waals surface area (Å²) >= 11 is 0. The average Bonchev–Trinajstić information content (AvgIpc) is 3.07. The summed E-state index contributed by atoms with van der Waals surface area (Å²) in [5.41, 5.74) is 3.96. The minimum atomic E-state index is -0.147. The van der Waals surface area contributed by atoms with Crippen LogP contribution in [0, 0.1) is 5.92 Å². The molecule has 1 aromatic heterocycles. The normalized spacial score (nSPS) is 28.6. The largest absolute Gasteiger partial charge is 0.487 e. The predicted octanol–water partition coefficient (Wildman–Crippen LogP) is 4.56. The van der Waals surface area contributed by atoms with E-state index in [1.807, 2.05) is 6.07 Å². The topological polar surface area (TPSA) is 39.4 Å². The maximum atomic E-state index is 12.2. The van der Waals surface area contributed by atoms with Crippen LogP contribution in [0.4, 0.5) is 0 Å². The van der Waals surface area contributed by atoms with Gasteiger partial charge < -0.3 is 9.15 Å². The van der Waals surface area contributed by atoms with Crippen LogP contribution >= 0.6 is 0 Å². The van der Waals surface area contributed by atoms with Crippen molar-refractivity contribution in [2.24, 2.45) is 5.92 Å². The fraction of sp³-hybridized carbons (Fsp3) is 0.571. The van der Waals surface area contributed by atoms with E-state index in [-0.39, 0.29) is 11.2 Å². The van der Waals surface area contributed by atoms with E-state index in [1.165, 1.54) is 30.4 Å². The minimum Gasteiger partial charge on any atom is -0.487 e. The molecule has 2 heterocycles. The van der Waals surface area contributed by atoms with Gasteiger partial charge in [-0.1, -0.05) is 13.3 Å². The third-order valence-electron chi connectivity index (χ3n) is 6.67. The third kappa shape index (κ3) is 2.00. The Hall–Kier alpha value is -1.77. The zero-order valence-corrected chi connectivity index (χ0v) is 14.3. The van der Waals surface area contributed by atoms with Gasteiger partial charge in [-0.15, -0.1) is 0 Å². The molecular formula is C21H24O3. The van der Waals surface area contributed by atoms with Gasteiger partial charge in [-0.25, -0.2) is 4.79 Å². The molecule has 0 amide bonds. The number of benzene rings is 1. The average molecular weight is 324 g/mol. The van der Waals surface area contributed by atoms with Crippen molar-refractivity contribution >= 4 is 11.0 Å². The summed E-state index contributed by atoms with van der Waals surface area (Å²) in [4.78, 5) is 12.2. The van der Waals surface area contributed by atoms with Gasteiger partial charge in [0, 0.05) is 17.0 Å². The highest BCUT2D eigenvalue weighted by molar-refractivity contribution is 5.84. The third-order valence-corrected chi connectivity index (χ3v) is 6.67. The van der Waals surface area contributed by atoms with Crippen LogP contribution in [-0.2, 0) is 19.3 Å². The molecule has 1 fully saturated rings. The number of hydrogen-bond donors (Lipinski definition) is 0. The number of ether oxygens (including phenoxy) is 1. The molecule has 1 aliphatic heterocycles. The molecule has 0 radical (unpaired) electrons. The van der Waals surface area contributed by atoms with Crippen molar-refractivity contribution in [3.8, 4) is 5.75 Å². The van der Waals surface area contributed by atoms with E-state index in [0.29, 0.717) is 11.5 Å². The first-order chi connectivity index (χ1) is 11.7. The molecular weight excluding hydrogens is 300 g/mol. The maximum absolute atomic E-state index is 12.2. The fourth-order valence-corrected chi connectivity index (χ4v) is 5.17. The van der Waals surface area contributed by atoms with Crippen molar-refractivity contribution in [1.29, 1.82) is 0 Å². The quantitative estimate of drug-likeness (QED) is 0.667. The lowest BCUT2D eigenvalue weighted by Crippen LogP contribution is -2.47. The van der Waals surface area contributed by atoms with Crippen molar-refractivity contribution in [2.75, 3.05) is 0 Å². The van der Waals surface area contributed by atoms with Crippen molar-refractivity contribution in [1.82, 2.24) is 0 Å². The lowest BCUT2D eigenvalue weighted by molar-refractivity contribution is -0.0331. The van der Waals surface area contributed by atoms with Crippen LogP contribution in [0.1, 0.15) is 62.1 Å². The van der Waals surface area contributed by atoms with E-state index in [4.69, 9.17) is 9.15 Å². The molecule has 1 aromatic carbocycles. The van der Waals surface area contributed by atoms with E-state index in [2.05, 4.69) is 13.0 Å². The summed E-state index contributed by atoms with van der Waals surface area (Å²) in [6.45, 7) is 2.33. The standard InChI is InChI=1S/C21H24O3/c1-13-5-2-3-9-21(13)10-8-14-11-17-15-6-4-7-16(15)20(22)23-19(17)12-18(14)24-21/h11-13H,2-10H2,1H3/t13?,21-/m1/s1. The van der Waals surface area contributed by atoms with Gasteiger partial charge in [0.15, 0.2) is 0 Å². The molecule has 1 unspecified atom stereocenters. The smallest absolute Gasteiger partial charge is 0.339 e. The van der Waals surface area contributed by atoms with Gasteiger partial charge in [-0.05, 0) is 74.5 Å². The van der Waals surface area contributed by atoms with E-state index in [1.54, 1.807) is 0 Å². The molecule has 0 bridgehead atoms. The summed E-state index contributed by atoms with van der Waals surface area (Å²) in [6.07, 6.45) is 10.1. The van der Waals surface area contributed by atoms with E-state index in [9.17, 15) is 4.79 Å². The van der Waals surface area contributed by atoms with Crippen LogP contribution in [0.15, 0.2) is 21.3 Å². The summed E-state index contributed by atoms with van der Waals surface area (Å²) in [6, 6.07) is 4.23. The van der Waals surface area contributed by atoms with Crippen LogP contribution in [0.2, 0.25) is 0 Å². The maximum Gasteiger partial charge on any atom is 0.339 e. The molecule has 5 rings (SSSR count). The van der Waals surface area contributed by atoms with Gasteiger partial charge in [0.25, 0.3) is 0 Å². The zero-order chi connectivity index (χ0) is 16.3. The molecule has 3 nitrogen and oxygen atoms in total. The highest BCUT2D eigenvalue weighted by Gasteiger charge is 2.43. The van der Waals surface area contributed by atoms with E-state index < -0.39 is 0 Å². The minimum absolute atomic E-state index is 0.00402. The summed E-state index contributed by atoms with van der Waals surface area (Å²) in [7, 11) is 0. The Labute approximate surface area is 142 Å². The molecule has 1 spiro atoms. The first-order valence-electron chi connectivity index (χ1n) is 9.47. The predicted molar refractivity (Wildman–Crippen MR) is 93.8 cm³/mol. The SMILES string of the molecule is CC1CCCC[C@@]12CCc1cc3c4c(c(=O)oc3cc1O2)CCC4. The Morgan fingerprint density at radius 1 is 1.04 bits per heavy atom. The zero-order valence-electron chi connectivity index (χ0n) is 14.3. The first kappa shape index (κ1) is 14.6. The van der Waals surface area contributed by atoms with Crippen molar-refractivity contribution < 1.29 is 9.15 Å². The second kappa shape index (κ2) is 5.11. The summed E-state index contributed by atoms with van der Waals surface area (Å²) in [5.74, 6) is 1.55. The molecule has 3 heteroatoms. The van der Waals surface area contributed by atoms with E-state index >= 15 is 0 Å². The Balaban J connectivity index is 1.64. The lowest BCUT2D eigenvalue weighted by atomic mass is 9.72. The van der Waals surface area contributed by atoms with Crippen LogP contribution in [-0.4, -0.2) is 5.60 Å². The van der Waals surface area contributed by atoms with Crippen molar-refractivity contribution in [2.45, 2.75) is 70.3 Å². The van der Waals surface area contributed by atoms with Gasteiger partial charge in [-0.3, -0.25) is 0 Å². The highest BCUT2D eigenvalue weighted by Crippen LogP contribution is 2.46. The van der Waals surface area contributed by atoms with Crippen molar-refractivity contribution in [3.63, 3.8) is 0 Å². The second-order valence-electron chi connectivity index (χ2n) is 7.97. The van der Waals surface area contributed by atoms with Crippen LogP contribution < -0.4 is 10.4 Å². The molecule has 2 aliphatic carbocycles. The van der Waals surface area contributed by atoms with E-state index in [0.717, 1.165) is 55.2 Å². The van der Waals surface area contributed by atoms with Gasteiger partial charge in [-0.2, -0.15) is 0 Å². The number of hydrogen-bond acceptors (Lipinski definition) is 3. The molecule has 126 valence electrons. The summed E-state index contributed by atoms with van der Waals surface area (Å²) < 4.78 is 12.2. The van der Waals surface area contributed by atoms with Crippen LogP contribution in [0.5, 0.6) is 5.75 Å². The van der Waals surface area contributed by atoms with Gasteiger partial charge in [0.05, 0.1) is 0 Å². The molecule has 3 aliphatic rings. The Bertz CT molecular complexity index is 879. The molecule has 2 atom stereocenters. The number of aryl methyl sites for hydroxylation is 2. The van der Waals surface area contributed by atoms with Crippen LogP contribution in [0.25, 0.3) is 11.0 Å². The van der Waals surface area contributed by atoms with Crippen molar-refractivity contribution in [3.05, 3.63) is 39.2 Å². The van der Waals surface area contributed by atoms with Gasteiger partial charge in [0.1, 0.15) is 16.9 Å². The fourth-order valence-electron chi connectivity index (χ4n) is 5.17. The number of rotatable bonds is 0.